The van der Waals surface area contributed by atoms with Gasteiger partial charge in [-0.15, -0.1) is 4.91 Å². The van der Waals surface area contributed by atoms with E-state index in [4.69, 9.17) is 0 Å². The predicted octanol–water partition coefficient (Wildman–Crippen LogP) is 0.729. The molecule has 0 saturated carbocycles. The van der Waals surface area contributed by atoms with Gasteiger partial charge in [-0.3, -0.25) is 4.79 Å². The van der Waals surface area contributed by atoms with Crippen LogP contribution in [0, 0.1) is 11.8 Å². The summed E-state index contributed by atoms with van der Waals surface area (Å²) in [6, 6.07) is 0. The van der Waals surface area contributed by atoms with E-state index in [1.165, 1.54) is 17.0 Å². The van der Waals surface area contributed by atoms with E-state index >= 15 is 0 Å². The van der Waals surface area contributed by atoms with Crippen molar-refractivity contribution in [1.82, 2.24) is 14.6 Å². The number of aromatic nitrogens is 3. The second kappa shape index (κ2) is 2.51. The van der Waals surface area contributed by atoms with Crippen LogP contribution in [0.1, 0.15) is 5.56 Å². The molecule has 0 saturated heterocycles. The van der Waals surface area contributed by atoms with E-state index in [0.29, 0.717) is 11.1 Å². The Labute approximate surface area is 72.2 Å². The molecule has 0 aliphatic heterocycles. The van der Waals surface area contributed by atoms with Crippen molar-refractivity contribution in [1.29, 1.82) is 0 Å². The molecule has 2 heterocycles. The van der Waals surface area contributed by atoms with Crippen molar-refractivity contribution < 1.29 is 0 Å². The Hall–Kier alpha value is -1.98. The molecule has 66 valence electrons. The maximum absolute atomic E-state index is 11.3. The molecule has 0 spiro atoms. The smallest absolute Gasteiger partial charge is 0.275 e. The molecule has 2 rings (SSSR count). The van der Waals surface area contributed by atoms with Gasteiger partial charge in [-0.25, -0.2) is 4.52 Å². The van der Waals surface area contributed by atoms with Crippen molar-refractivity contribution in [2.45, 2.75) is 6.92 Å². The number of aryl methyl sites for hydroxylation is 1. The summed E-state index contributed by atoms with van der Waals surface area (Å²) in [5.74, 6) is 0. The Bertz CT molecular complexity index is 525. The first kappa shape index (κ1) is 7.66. The molecule has 1 N–H and O–H groups in total. The number of hydrogen-bond donors (Lipinski definition) is 1. The first-order valence-electron chi connectivity index (χ1n) is 3.63. The summed E-state index contributed by atoms with van der Waals surface area (Å²) in [4.78, 5) is 24.0. The van der Waals surface area contributed by atoms with Crippen LogP contribution in [0.5, 0.6) is 0 Å². The van der Waals surface area contributed by atoms with Gasteiger partial charge in [-0.05, 0) is 12.1 Å². The summed E-state index contributed by atoms with van der Waals surface area (Å²) in [6.45, 7) is 1.66. The average Bonchev–Trinajstić information content (AvgIpc) is 2.44. The highest BCUT2D eigenvalue weighted by Crippen LogP contribution is 2.20. The highest BCUT2D eigenvalue weighted by Gasteiger charge is 2.09. The van der Waals surface area contributed by atoms with Gasteiger partial charge in [-0.1, -0.05) is 0 Å². The largest absolute Gasteiger partial charge is 0.310 e. The van der Waals surface area contributed by atoms with Gasteiger partial charge < -0.3 is 4.98 Å². The van der Waals surface area contributed by atoms with Gasteiger partial charge in [-0.2, -0.15) is 5.10 Å². The van der Waals surface area contributed by atoms with Crippen molar-refractivity contribution >= 4 is 11.2 Å². The molecule has 6 nitrogen and oxygen atoms in total. The molecule has 2 aromatic heterocycles. The van der Waals surface area contributed by atoms with Crippen molar-refractivity contribution in [2.24, 2.45) is 5.18 Å². The lowest BCUT2D eigenvalue weighted by Gasteiger charge is -1.90. The minimum atomic E-state index is -0.276. The van der Waals surface area contributed by atoms with Crippen LogP contribution in [0.15, 0.2) is 22.5 Å². The molecular weight excluding hydrogens is 172 g/mol. The van der Waals surface area contributed by atoms with Gasteiger partial charge in [0.2, 0.25) is 0 Å². The molecule has 0 bridgehead atoms. The summed E-state index contributed by atoms with van der Waals surface area (Å²) >= 11 is 0. The lowest BCUT2D eigenvalue weighted by atomic mass is 10.3. The highest BCUT2D eigenvalue weighted by atomic mass is 16.3. The van der Waals surface area contributed by atoms with E-state index in [2.05, 4.69) is 15.3 Å². The Kier molecular flexibility index (Phi) is 1.48. The van der Waals surface area contributed by atoms with Gasteiger partial charge in [0, 0.05) is 5.56 Å². The van der Waals surface area contributed by atoms with Gasteiger partial charge in [0.15, 0.2) is 0 Å². The summed E-state index contributed by atoms with van der Waals surface area (Å²) in [5.41, 5.74) is 0.869. The molecule has 2 aromatic rings. The fourth-order valence-corrected chi connectivity index (χ4v) is 1.25. The van der Waals surface area contributed by atoms with Crippen LogP contribution in [0.3, 0.4) is 0 Å². The van der Waals surface area contributed by atoms with Crippen molar-refractivity contribution in [3.63, 3.8) is 0 Å². The van der Waals surface area contributed by atoms with Crippen LogP contribution in [0.25, 0.3) is 5.52 Å². The first-order chi connectivity index (χ1) is 6.24. The highest BCUT2D eigenvalue weighted by molar-refractivity contribution is 5.64. The number of nitroso groups, excluding NO2 is 1. The molecule has 0 fully saturated rings. The molecule has 0 aliphatic rings. The number of nitrogens with one attached hydrogen (secondary N) is 1. The lowest BCUT2D eigenvalue weighted by Crippen LogP contribution is -2.10. The third kappa shape index (κ3) is 0.952. The molecule has 13 heavy (non-hydrogen) atoms. The Morgan fingerprint density at radius 1 is 1.62 bits per heavy atom. The molecule has 0 amide bonds. The molecule has 0 radical (unpaired) electrons. The molecular formula is C7H6N4O2. The van der Waals surface area contributed by atoms with Gasteiger partial charge >= 0.3 is 0 Å². The Morgan fingerprint density at radius 2 is 2.38 bits per heavy atom. The topological polar surface area (TPSA) is 79.6 Å². The third-order valence-corrected chi connectivity index (χ3v) is 1.90. The van der Waals surface area contributed by atoms with E-state index in [0.717, 1.165) is 0 Å². The Balaban J connectivity index is 3.01. The van der Waals surface area contributed by atoms with Gasteiger partial charge in [0.25, 0.3) is 5.56 Å². The summed E-state index contributed by atoms with van der Waals surface area (Å²) in [7, 11) is 0. The zero-order valence-corrected chi connectivity index (χ0v) is 6.81. The first-order valence-corrected chi connectivity index (χ1v) is 3.63. The SMILES string of the molecule is Cc1c(N=O)cn2nc[nH]c(=O)c12. The van der Waals surface area contributed by atoms with E-state index in [-0.39, 0.29) is 11.2 Å². The van der Waals surface area contributed by atoms with Crippen molar-refractivity contribution in [3.05, 3.63) is 33.3 Å². The van der Waals surface area contributed by atoms with Crippen molar-refractivity contribution in [3.8, 4) is 0 Å². The maximum atomic E-state index is 11.3. The van der Waals surface area contributed by atoms with Gasteiger partial charge in [0.1, 0.15) is 17.5 Å². The molecule has 6 heteroatoms. The minimum absolute atomic E-state index is 0.240. The van der Waals surface area contributed by atoms with Crippen LogP contribution >= 0.6 is 0 Å². The number of nitrogens with zero attached hydrogens (tertiary/aromatic N) is 3. The maximum Gasteiger partial charge on any atom is 0.275 e. The fourth-order valence-electron chi connectivity index (χ4n) is 1.25. The number of fused-ring (bicyclic) bond motifs is 1. The van der Waals surface area contributed by atoms with Gasteiger partial charge in [0.05, 0.1) is 6.20 Å². The minimum Gasteiger partial charge on any atom is -0.310 e. The van der Waals surface area contributed by atoms with E-state index < -0.39 is 0 Å². The van der Waals surface area contributed by atoms with Crippen LogP contribution in [0.4, 0.5) is 5.69 Å². The number of aromatic amines is 1. The zero-order chi connectivity index (χ0) is 9.42. The van der Waals surface area contributed by atoms with Crippen LogP contribution in [0.2, 0.25) is 0 Å². The summed E-state index contributed by atoms with van der Waals surface area (Å²) < 4.78 is 1.34. The lowest BCUT2D eigenvalue weighted by molar-refractivity contribution is 0.887. The fraction of sp³-hybridized carbons (Fsp3) is 0.143. The van der Waals surface area contributed by atoms with E-state index in [1.54, 1.807) is 6.92 Å². The number of rotatable bonds is 1. The normalized spacial score (nSPS) is 10.5. The summed E-state index contributed by atoms with van der Waals surface area (Å²) in [6.07, 6.45) is 2.69. The molecule has 0 aliphatic carbocycles. The molecule has 0 atom stereocenters. The zero-order valence-electron chi connectivity index (χ0n) is 6.81. The van der Waals surface area contributed by atoms with E-state index in [9.17, 15) is 9.70 Å². The average molecular weight is 178 g/mol. The van der Waals surface area contributed by atoms with E-state index in [1.807, 2.05) is 0 Å². The predicted molar refractivity (Wildman–Crippen MR) is 46.0 cm³/mol. The standard InChI is InChI=1S/C7H6N4O2/c1-4-5(10-13)2-11-6(4)7(12)8-3-9-11/h2-3H,1H3,(H,8,9,12). The molecule has 0 aromatic carbocycles. The number of H-pyrrole nitrogens is 1. The van der Waals surface area contributed by atoms with Crippen LogP contribution in [-0.2, 0) is 0 Å². The molecule has 0 unspecified atom stereocenters. The van der Waals surface area contributed by atoms with Crippen molar-refractivity contribution in [2.75, 3.05) is 0 Å². The second-order valence-corrected chi connectivity index (χ2v) is 2.64. The van der Waals surface area contributed by atoms with Crippen LogP contribution in [-0.4, -0.2) is 14.6 Å². The Morgan fingerprint density at radius 3 is 3.00 bits per heavy atom. The second-order valence-electron chi connectivity index (χ2n) is 2.64. The van der Waals surface area contributed by atoms with Crippen LogP contribution < -0.4 is 5.56 Å². The quantitative estimate of drug-likeness (QED) is 0.653. The monoisotopic (exact) mass is 178 g/mol. The number of hydrogen-bond acceptors (Lipinski definition) is 4. The third-order valence-electron chi connectivity index (χ3n) is 1.90. The summed E-state index contributed by atoms with van der Waals surface area (Å²) in [5, 5.41) is 6.62.